The minimum absolute atomic E-state index is 0.154. The molecule has 108 valence electrons. The van der Waals surface area contributed by atoms with Gasteiger partial charge in [0, 0.05) is 12.6 Å². The van der Waals surface area contributed by atoms with Crippen LogP contribution in [-0.4, -0.2) is 18.8 Å². The maximum absolute atomic E-state index is 13.6. The van der Waals surface area contributed by atoms with Gasteiger partial charge < -0.3 is 10.5 Å². The second-order valence-electron chi connectivity index (χ2n) is 5.82. The highest BCUT2D eigenvalue weighted by Crippen LogP contribution is 2.26. The van der Waals surface area contributed by atoms with Gasteiger partial charge in [-0.15, -0.1) is 0 Å². The first kappa shape index (κ1) is 16.1. The van der Waals surface area contributed by atoms with Crippen LogP contribution in [-0.2, 0) is 11.2 Å². The molecule has 2 atom stereocenters. The molecule has 0 amide bonds. The predicted molar refractivity (Wildman–Crippen MR) is 72.9 cm³/mol. The van der Waals surface area contributed by atoms with E-state index in [1.54, 1.807) is 6.07 Å². The van der Waals surface area contributed by atoms with Crippen molar-refractivity contribution in [2.24, 2.45) is 11.1 Å². The van der Waals surface area contributed by atoms with Gasteiger partial charge in [0.25, 0.3) is 0 Å². The third-order valence-electron chi connectivity index (χ3n) is 3.08. The van der Waals surface area contributed by atoms with Crippen LogP contribution in [0.15, 0.2) is 18.2 Å². The van der Waals surface area contributed by atoms with E-state index in [1.165, 1.54) is 6.07 Å². The lowest BCUT2D eigenvalue weighted by atomic mass is 9.82. The fourth-order valence-corrected chi connectivity index (χ4v) is 2.26. The van der Waals surface area contributed by atoms with Gasteiger partial charge in [-0.05, 0) is 30.4 Å². The highest BCUT2D eigenvalue weighted by atomic mass is 19.2. The highest BCUT2D eigenvalue weighted by molar-refractivity contribution is 5.20. The molecule has 1 rings (SSSR count). The average molecular weight is 271 g/mol. The second-order valence-corrected chi connectivity index (χ2v) is 5.82. The zero-order valence-corrected chi connectivity index (χ0v) is 12.0. The predicted octanol–water partition coefficient (Wildman–Crippen LogP) is 3.29. The SMILES string of the molecule is CCOC(C(N)Cc1cccc(F)c1F)C(C)(C)C. The van der Waals surface area contributed by atoms with E-state index in [4.69, 9.17) is 10.5 Å². The molecule has 0 spiro atoms. The van der Waals surface area contributed by atoms with Crippen LogP contribution in [0.1, 0.15) is 33.3 Å². The van der Waals surface area contributed by atoms with Crippen molar-refractivity contribution in [2.45, 2.75) is 46.3 Å². The number of nitrogens with two attached hydrogens (primary N) is 1. The van der Waals surface area contributed by atoms with Gasteiger partial charge in [-0.3, -0.25) is 0 Å². The molecule has 0 fully saturated rings. The second kappa shape index (κ2) is 6.44. The van der Waals surface area contributed by atoms with Crippen LogP contribution in [0, 0.1) is 17.0 Å². The van der Waals surface area contributed by atoms with Gasteiger partial charge in [0.1, 0.15) is 0 Å². The van der Waals surface area contributed by atoms with Crippen LogP contribution in [0.25, 0.3) is 0 Å². The summed E-state index contributed by atoms with van der Waals surface area (Å²) in [7, 11) is 0. The molecular formula is C15H23F2NO. The summed E-state index contributed by atoms with van der Waals surface area (Å²) in [5.41, 5.74) is 6.27. The molecule has 4 heteroatoms. The highest BCUT2D eigenvalue weighted by Gasteiger charge is 2.31. The van der Waals surface area contributed by atoms with E-state index in [2.05, 4.69) is 0 Å². The molecule has 0 heterocycles. The summed E-state index contributed by atoms with van der Waals surface area (Å²) >= 11 is 0. The molecule has 0 aliphatic rings. The Morgan fingerprint density at radius 2 is 1.89 bits per heavy atom. The van der Waals surface area contributed by atoms with Crippen molar-refractivity contribution in [1.82, 2.24) is 0 Å². The Labute approximate surface area is 114 Å². The van der Waals surface area contributed by atoms with Crippen molar-refractivity contribution in [1.29, 1.82) is 0 Å². The topological polar surface area (TPSA) is 35.2 Å². The summed E-state index contributed by atoms with van der Waals surface area (Å²) < 4.78 is 32.5. The first-order valence-electron chi connectivity index (χ1n) is 6.57. The molecule has 0 aromatic heterocycles. The number of ether oxygens (including phenoxy) is 1. The molecule has 0 saturated heterocycles. The standard InChI is InChI=1S/C15H23F2NO/c1-5-19-14(15(2,3)4)12(18)9-10-7-6-8-11(16)13(10)17/h6-8,12,14H,5,9,18H2,1-4H3. The normalized spacial score (nSPS) is 15.3. The van der Waals surface area contributed by atoms with Gasteiger partial charge in [-0.2, -0.15) is 0 Å². The van der Waals surface area contributed by atoms with Crippen LogP contribution in [0.5, 0.6) is 0 Å². The minimum Gasteiger partial charge on any atom is -0.376 e. The molecule has 0 bridgehead atoms. The molecule has 19 heavy (non-hydrogen) atoms. The van der Waals surface area contributed by atoms with Gasteiger partial charge in [-0.25, -0.2) is 8.78 Å². The number of halogens is 2. The van der Waals surface area contributed by atoms with Crippen LogP contribution in [0.3, 0.4) is 0 Å². The molecule has 2 unspecified atom stereocenters. The smallest absolute Gasteiger partial charge is 0.162 e. The summed E-state index contributed by atoms with van der Waals surface area (Å²) in [6.45, 7) is 8.51. The van der Waals surface area contributed by atoms with Crippen molar-refractivity contribution in [2.75, 3.05) is 6.61 Å². The number of benzene rings is 1. The summed E-state index contributed by atoms with van der Waals surface area (Å²) in [5, 5.41) is 0. The zero-order valence-electron chi connectivity index (χ0n) is 12.0. The summed E-state index contributed by atoms with van der Waals surface area (Å²) in [6.07, 6.45) is 0.0473. The molecule has 2 nitrogen and oxygen atoms in total. The molecule has 1 aromatic rings. The minimum atomic E-state index is -0.839. The van der Waals surface area contributed by atoms with E-state index in [0.29, 0.717) is 12.2 Å². The first-order chi connectivity index (χ1) is 8.77. The maximum Gasteiger partial charge on any atom is 0.162 e. The van der Waals surface area contributed by atoms with E-state index in [9.17, 15) is 8.78 Å². The third-order valence-corrected chi connectivity index (χ3v) is 3.08. The maximum atomic E-state index is 13.6. The fraction of sp³-hybridized carbons (Fsp3) is 0.600. The molecule has 0 saturated carbocycles. The summed E-state index contributed by atoms with van der Waals surface area (Å²) in [5.74, 6) is -1.66. The third kappa shape index (κ3) is 4.25. The van der Waals surface area contributed by atoms with Crippen molar-refractivity contribution >= 4 is 0 Å². The number of hydrogen-bond donors (Lipinski definition) is 1. The van der Waals surface area contributed by atoms with E-state index < -0.39 is 11.6 Å². The van der Waals surface area contributed by atoms with Crippen molar-refractivity contribution in [3.8, 4) is 0 Å². The molecule has 1 aromatic carbocycles. The lowest BCUT2D eigenvalue weighted by Crippen LogP contribution is -2.46. The van der Waals surface area contributed by atoms with Crippen molar-refractivity contribution in [3.63, 3.8) is 0 Å². The van der Waals surface area contributed by atoms with E-state index in [-0.39, 0.29) is 24.0 Å². The largest absolute Gasteiger partial charge is 0.376 e. The van der Waals surface area contributed by atoms with Crippen LogP contribution < -0.4 is 5.73 Å². The van der Waals surface area contributed by atoms with Gasteiger partial charge in [0.05, 0.1) is 6.10 Å². The van der Waals surface area contributed by atoms with Crippen LogP contribution >= 0.6 is 0 Å². The molecule has 2 N–H and O–H groups in total. The Balaban J connectivity index is 2.87. The summed E-state index contributed by atoms with van der Waals surface area (Å²) in [4.78, 5) is 0. The monoisotopic (exact) mass is 271 g/mol. The Hall–Kier alpha value is -1.00. The van der Waals surface area contributed by atoms with Gasteiger partial charge >= 0.3 is 0 Å². The lowest BCUT2D eigenvalue weighted by molar-refractivity contribution is -0.0275. The Kier molecular flexibility index (Phi) is 5.44. The fourth-order valence-electron chi connectivity index (χ4n) is 2.26. The van der Waals surface area contributed by atoms with E-state index >= 15 is 0 Å². The summed E-state index contributed by atoms with van der Waals surface area (Å²) in [6, 6.07) is 3.78. The molecule has 0 aliphatic heterocycles. The molecule has 0 radical (unpaired) electrons. The van der Waals surface area contributed by atoms with E-state index in [1.807, 2.05) is 27.7 Å². The average Bonchev–Trinajstić information content (AvgIpc) is 2.30. The van der Waals surface area contributed by atoms with Gasteiger partial charge in [-0.1, -0.05) is 32.9 Å². The lowest BCUT2D eigenvalue weighted by Gasteiger charge is -2.35. The van der Waals surface area contributed by atoms with Gasteiger partial charge in [0.2, 0.25) is 0 Å². The molecular weight excluding hydrogens is 248 g/mol. The zero-order chi connectivity index (χ0) is 14.6. The Morgan fingerprint density at radius 1 is 1.26 bits per heavy atom. The van der Waals surface area contributed by atoms with Crippen molar-refractivity contribution in [3.05, 3.63) is 35.4 Å². The van der Waals surface area contributed by atoms with Crippen LogP contribution in [0.4, 0.5) is 8.78 Å². The van der Waals surface area contributed by atoms with Crippen LogP contribution in [0.2, 0.25) is 0 Å². The Bertz CT molecular complexity index is 415. The van der Waals surface area contributed by atoms with Crippen molar-refractivity contribution < 1.29 is 13.5 Å². The Morgan fingerprint density at radius 3 is 2.42 bits per heavy atom. The first-order valence-corrected chi connectivity index (χ1v) is 6.57. The number of hydrogen-bond acceptors (Lipinski definition) is 2. The number of rotatable bonds is 5. The molecule has 0 aliphatic carbocycles. The van der Waals surface area contributed by atoms with E-state index in [0.717, 1.165) is 6.07 Å². The quantitative estimate of drug-likeness (QED) is 0.892. The van der Waals surface area contributed by atoms with Gasteiger partial charge in [0.15, 0.2) is 11.6 Å².